The first kappa shape index (κ1) is 20.1. The minimum Gasteiger partial charge on any atom is -0.379 e. The van der Waals surface area contributed by atoms with Crippen molar-refractivity contribution < 1.29 is 9.53 Å². The van der Waals surface area contributed by atoms with Crippen LogP contribution in [0.3, 0.4) is 0 Å². The van der Waals surface area contributed by atoms with Gasteiger partial charge >= 0.3 is 0 Å². The van der Waals surface area contributed by atoms with E-state index in [1.165, 1.54) is 10.9 Å². The third kappa shape index (κ3) is 3.92. The maximum atomic E-state index is 13.2. The molecule has 3 aromatic rings. The number of ether oxygens (including phenoxy) is 1. The number of anilines is 1. The number of aromatic nitrogens is 2. The molecule has 1 N–H and O–H groups in total. The van der Waals surface area contributed by atoms with Gasteiger partial charge in [-0.15, -0.1) is 0 Å². The molecule has 0 bridgehead atoms. The fraction of sp³-hybridized carbons (Fsp3) is 0.440. The van der Waals surface area contributed by atoms with E-state index in [0.717, 1.165) is 37.3 Å². The molecule has 3 heterocycles. The second-order valence-corrected chi connectivity index (χ2v) is 8.99. The van der Waals surface area contributed by atoms with Gasteiger partial charge in [0.05, 0.1) is 18.6 Å². The van der Waals surface area contributed by atoms with Gasteiger partial charge in [-0.1, -0.05) is 24.3 Å². The van der Waals surface area contributed by atoms with Gasteiger partial charge in [0.1, 0.15) is 5.82 Å². The van der Waals surface area contributed by atoms with E-state index in [2.05, 4.69) is 38.1 Å². The molecule has 1 saturated heterocycles. The van der Waals surface area contributed by atoms with E-state index in [1.807, 2.05) is 37.4 Å². The Balaban J connectivity index is 1.27. The topological polar surface area (TPSA) is 59.4 Å². The number of para-hydroxylation sites is 1. The van der Waals surface area contributed by atoms with Crippen molar-refractivity contribution in [2.24, 2.45) is 18.9 Å². The first-order valence-electron chi connectivity index (χ1n) is 11.1. The Kier molecular flexibility index (Phi) is 5.40. The Hall–Kier alpha value is -2.86. The summed E-state index contributed by atoms with van der Waals surface area (Å²) < 4.78 is 7.94. The third-order valence-corrected chi connectivity index (χ3v) is 7.09. The summed E-state index contributed by atoms with van der Waals surface area (Å²) in [4.78, 5) is 19.7. The molecule has 2 aromatic heterocycles. The number of hydrogen-bond acceptors (Lipinski definition) is 4. The van der Waals surface area contributed by atoms with Crippen molar-refractivity contribution in [2.75, 3.05) is 25.5 Å². The van der Waals surface area contributed by atoms with Crippen molar-refractivity contribution in [1.82, 2.24) is 14.5 Å². The van der Waals surface area contributed by atoms with Gasteiger partial charge in [0.2, 0.25) is 5.91 Å². The van der Waals surface area contributed by atoms with Crippen molar-refractivity contribution in [1.29, 1.82) is 0 Å². The maximum absolute atomic E-state index is 13.2. The number of nitrogens with one attached hydrogen (secondary N) is 1. The first-order valence-corrected chi connectivity index (χ1v) is 11.1. The molecule has 2 aliphatic rings. The van der Waals surface area contributed by atoms with Crippen molar-refractivity contribution in [2.45, 2.75) is 31.4 Å². The van der Waals surface area contributed by atoms with Gasteiger partial charge in [0.15, 0.2) is 0 Å². The van der Waals surface area contributed by atoms with E-state index in [9.17, 15) is 4.79 Å². The third-order valence-electron chi connectivity index (χ3n) is 7.09. The SMILES string of the molecule is CO[C@@H]1C[C@H]2CN(C(=O)Cc3cn(C)c4ccccc34)C[C@H]2C[C@H]1Nc1ccccn1. The quantitative estimate of drug-likeness (QED) is 0.689. The highest BCUT2D eigenvalue weighted by atomic mass is 16.5. The molecule has 1 saturated carbocycles. The lowest BCUT2D eigenvalue weighted by molar-refractivity contribution is -0.129. The molecule has 6 heteroatoms. The molecule has 1 amide bonds. The van der Waals surface area contributed by atoms with Crippen molar-refractivity contribution in [3.8, 4) is 0 Å². The highest BCUT2D eigenvalue weighted by Gasteiger charge is 2.43. The molecule has 162 valence electrons. The zero-order valence-corrected chi connectivity index (χ0v) is 18.2. The molecule has 0 radical (unpaired) electrons. The number of methoxy groups -OCH3 is 1. The van der Waals surface area contributed by atoms with Crippen LogP contribution in [0, 0.1) is 11.8 Å². The molecule has 4 atom stereocenters. The Morgan fingerprint density at radius 2 is 1.90 bits per heavy atom. The normalized spacial score (nSPS) is 25.5. The van der Waals surface area contributed by atoms with Crippen molar-refractivity contribution >= 4 is 22.6 Å². The van der Waals surface area contributed by atoms with Crippen LogP contribution in [-0.4, -0.2) is 52.7 Å². The number of fused-ring (bicyclic) bond motifs is 2. The fourth-order valence-corrected chi connectivity index (χ4v) is 5.51. The van der Waals surface area contributed by atoms with Gasteiger partial charge in [-0.05, 0) is 48.4 Å². The number of benzene rings is 1. The number of hydrogen-bond donors (Lipinski definition) is 1. The van der Waals surface area contributed by atoms with Crippen LogP contribution in [0.4, 0.5) is 5.82 Å². The number of pyridine rings is 1. The molecule has 0 spiro atoms. The summed E-state index contributed by atoms with van der Waals surface area (Å²) in [5.74, 6) is 2.12. The molecule has 31 heavy (non-hydrogen) atoms. The minimum absolute atomic E-state index is 0.136. The lowest BCUT2D eigenvalue weighted by Crippen LogP contribution is -2.44. The van der Waals surface area contributed by atoms with Crippen LogP contribution in [0.25, 0.3) is 10.9 Å². The lowest BCUT2D eigenvalue weighted by Gasteiger charge is -2.37. The summed E-state index contributed by atoms with van der Waals surface area (Å²) in [7, 11) is 3.83. The molecule has 5 rings (SSSR count). The van der Waals surface area contributed by atoms with Crippen LogP contribution in [0.2, 0.25) is 0 Å². The van der Waals surface area contributed by atoms with E-state index in [-0.39, 0.29) is 18.1 Å². The number of nitrogens with zero attached hydrogens (tertiary/aromatic N) is 3. The largest absolute Gasteiger partial charge is 0.379 e. The molecular formula is C25H30N4O2. The number of aryl methyl sites for hydroxylation is 1. The second-order valence-electron chi connectivity index (χ2n) is 8.99. The smallest absolute Gasteiger partial charge is 0.227 e. The van der Waals surface area contributed by atoms with Gasteiger partial charge < -0.3 is 19.5 Å². The fourth-order valence-electron chi connectivity index (χ4n) is 5.51. The molecule has 1 aliphatic carbocycles. The van der Waals surface area contributed by atoms with Gasteiger partial charge in [-0.25, -0.2) is 4.98 Å². The summed E-state index contributed by atoms with van der Waals surface area (Å²) in [6.07, 6.45) is 6.47. The van der Waals surface area contributed by atoms with E-state index in [0.29, 0.717) is 18.3 Å². The van der Waals surface area contributed by atoms with Gasteiger partial charge in [0.25, 0.3) is 0 Å². The Morgan fingerprint density at radius 3 is 2.68 bits per heavy atom. The van der Waals surface area contributed by atoms with E-state index < -0.39 is 0 Å². The van der Waals surface area contributed by atoms with Crippen LogP contribution in [-0.2, 0) is 23.0 Å². The van der Waals surface area contributed by atoms with Gasteiger partial charge in [0, 0.05) is 50.5 Å². The first-order chi connectivity index (χ1) is 15.1. The molecular weight excluding hydrogens is 388 g/mol. The Morgan fingerprint density at radius 1 is 1.13 bits per heavy atom. The molecule has 1 aliphatic heterocycles. The van der Waals surface area contributed by atoms with Crippen LogP contribution in [0.5, 0.6) is 0 Å². The van der Waals surface area contributed by atoms with E-state index in [4.69, 9.17) is 4.74 Å². The van der Waals surface area contributed by atoms with Crippen LogP contribution in [0.15, 0.2) is 54.9 Å². The monoisotopic (exact) mass is 418 g/mol. The standard InChI is InChI=1S/C25H30N4O2/c1-28-14-19(20-7-3-4-8-22(20)28)13-25(30)29-15-17-11-21(23(31-2)12-18(17)16-29)27-24-9-5-6-10-26-24/h3-10,14,17-18,21,23H,11-13,15-16H2,1-2H3,(H,26,27)/t17-,18+,21-,23-/m1/s1. The number of carbonyl (C=O) groups is 1. The van der Waals surface area contributed by atoms with Gasteiger partial charge in [-0.2, -0.15) is 0 Å². The summed E-state index contributed by atoms with van der Waals surface area (Å²) >= 11 is 0. The number of amides is 1. The van der Waals surface area contributed by atoms with E-state index >= 15 is 0 Å². The maximum Gasteiger partial charge on any atom is 0.227 e. The second kappa shape index (κ2) is 8.35. The highest BCUT2D eigenvalue weighted by Crippen LogP contribution is 2.38. The molecule has 1 aromatic carbocycles. The predicted molar refractivity (Wildman–Crippen MR) is 122 cm³/mol. The Bertz CT molecular complexity index is 1060. The summed E-state index contributed by atoms with van der Waals surface area (Å²) in [5, 5.41) is 4.73. The zero-order valence-electron chi connectivity index (χ0n) is 18.2. The average molecular weight is 419 g/mol. The summed E-state index contributed by atoms with van der Waals surface area (Å²) in [5.41, 5.74) is 2.29. The van der Waals surface area contributed by atoms with Crippen LogP contribution >= 0.6 is 0 Å². The molecule has 2 fully saturated rings. The number of rotatable bonds is 5. The van der Waals surface area contributed by atoms with Crippen LogP contribution in [0.1, 0.15) is 18.4 Å². The number of carbonyl (C=O) groups excluding carboxylic acids is 1. The van der Waals surface area contributed by atoms with Crippen LogP contribution < -0.4 is 5.32 Å². The van der Waals surface area contributed by atoms with Crippen molar-refractivity contribution in [3.05, 3.63) is 60.4 Å². The number of likely N-dealkylation sites (tertiary alicyclic amines) is 1. The van der Waals surface area contributed by atoms with Crippen molar-refractivity contribution in [3.63, 3.8) is 0 Å². The lowest BCUT2D eigenvalue weighted by atomic mass is 9.77. The molecule has 6 nitrogen and oxygen atoms in total. The zero-order chi connectivity index (χ0) is 21.4. The summed E-state index contributed by atoms with van der Waals surface area (Å²) in [6, 6.07) is 14.4. The minimum atomic E-state index is 0.136. The molecule has 0 unspecified atom stereocenters. The predicted octanol–water partition coefficient (Wildman–Crippen LogP) is 3.48. The van der Waals surface area contributed by atoms with Gasteiger partial charge in [-0.3, -0.25) is 4.79 Å². The Labute approximate surface area is 183 Å². The van der Waals surface area contributed by atoms with E-state index in [1.54, 1.807) is 13.3 Å². The highest BCUT2D eigenvalue weighted by molar-refractivity contribution is 5.89. The average Bonchev–Trinajstić information content (AvgIpc) is 3.35. The summed E-state index contributed by atoms with van der Waals surface area (Å²) in [6.45, 7) is 1.68.